The number of rotatable bonds is 7. The van der Waals surface area contributed by atoms with Crippen LogP contribution in [0.25, 0.3) is 33.2 Å². The van der Waals surface area contributed by atoms with Crippen molar-refractivity contribution in [2.24, 2.45) is 7.05 Å². The predicted molar refractivity (Wildman–Crippen MR) is 142 cm³/mol. The highest BCUT2D eigenvalue weighted by atomic mass is 32.2. The van der Waals surface area contributed by atoms with Crippen molar-refractivity contribution < 1.29 is 9.53 Å². The van der Waals surface area contributed by atoms with E-state index in [-0.39, 0.29) is 11.2 Å². The SMILES string of the molecule is CCn1c2ccccc2c2cc(NC(=O)C(C)Sc3nnc(-c4ccccc4OC)n3C)ccc21. The lowest BCUT2D eigenvalue weighted by Gasteiger charge is -2.12. The van der Waals surface area contributed by atoms with Crippen molar-refractivity contribution in [1.29, 1.82) is 0 Å². The predicted octanol–water partition coefficient (Wildman–Crippen LogP) is 5.74. The third-order valence-corrected chi connectivity index (χ3v) is 7.32. The molecule has 1 N–H and O–H groups in total. The zero-order chi connectivity index (χ0) is 24.5. The van der Waals surface area contributed by atoms with E-state index < -0.39 is 0 Å². The van der Waals surface area contributed by atoms with Crippen LogP contribution in [0.3, 0.4) is 0 Å². The van der Waals surface area contributed by atoms with E-state index in [0.29, 0.717) is 11.0 Å². The average molecular weight is 486 g/mol. The van der Waals surface area contributed by atoms with Crippen LogP contribution in [0.5, 0.6) is 5.75 Å². The number of hydrogen-bond acceptors (Lipinski definition) is 5. The molecule has 0 fully saturated rings. The lowest BCUT2D eigenvalue weighted by Crippen LogP contribution is -2.22. The number of ether oxygens (including phenoxy) is 1. The van der Waals surface area contributed by atoms with Gasteiger partial charge in [0.1, 0.15) is 5.75 Å². The minimum atomic E-state index is -0.365. The number of thioether (sulfide) groups is 1. The molecule has 0 saturated heterocycles. The molecule has 1 unspecified atom stereocenters. The molecule has 0 aliphatic heterocycles. The van der Waals surface area contributed by atoms with Gasteiger partial charge < -0.3 is 19.2 Å². The van der Waals surface area contributed by atoms with Gasteiger partial charge in [0.05, 0.1) is 17.9 Å². The number of nitrogens with one attached hydrogen (secondary N) is 1. The Morgan fingerprint density at radius 3 is 2.57 bits per heavy atom. The number of aromatic nitrogens is 4. The zero-order valence-electron chi connectivity index (χ0n) is 20.1. The molecule has 0 bridgehead atoms. The summed E-state index contributed by atoms with van der Waals surface area (Å²) in [5.74, 6) is 1.33. The second kappa shape index (κ2) is 9.46. The van der Waals surface area contributed by atoms with E-state index in [1.54, 1.807) is 7.11 Å². The minimum absolute atomic E-state index is 0.0876. The number of anilines is 1. The maximum absolute atomic E-state index is 13.1. The number of para-hydroxylation sites is 2. The Labute approximate surface area is 208 Å². The largest absolute Gasteiger partial charge is 0.496 e. The molecule has 7 nitrogen and oxygen atoms in total. The van der Waals surface area contributed by atoms with Crippen LogP contribution in [0.1, 0.15) is 13.8 Å². The van der Waals surface area contributed by atoms with E-state index in [9.17, 15) is 4.79 Å². The van der Waals surface area contributed by atoms with E-state index in [0.717, 1.165) is 34.4 Å². The number of nitrogens with zero attached hydrogens (tertiary/aromatic N) is 4. The van der Waals surface area contributed by atoms with Crippen LogP contribution in [0.2, 0.25) is 0 Å². The summed E-state index contributed by atoms with van der Waals surface area (Å²) in [4.78, 5) is 13.1. The number of fused-ring (bicyclic) bond motifs is 3. The Bertz CT molecular complexity index is 1540. The summed E-state index contributed by atoms with van der Waals surface area (Å²) in [5.41, 5.74) is 4.00. The van der Waals surface area contributed by atoms with Gasteiger partial charge in [0.25, 0.3) is 0 Å². The first-order valence-corrected chi connectivity index (χ1v) is 12.4. The van der Waals surface area contributed by atoms with Gasteiger partial charge in [-0.05, 0) is 50.2 Å². The number of amides is 1. The number of aryl methyl sites for hydroxylation is 1. The molecule has 0 spiro atoms. The summed E-state index contributed by atoms with van der Waals surface area (Å²) in [6, 6.07) is 22.1. The maximum Gasteiger partial charge on any atom is 0.237 e. The molecular formula is C27H27N5O2S. The highest BCUT2D eigenvalue weighted by molar-refractivity contribution is 8.00. The van der Waals surface area contributed by atoms with Crippen LogP contribution in [0.4, 0.5) is 5.69 Å². The van der Waals surface area contributed by atoms with Crippen LogP contribution in [-0.4, -0.2) is 37.6 Å². The summed E-state index contributed by atoms with van der Waals surface area (Å²) >= 11 is 1.37. The Morgan fingerprint density at radius 2 is 1.77 bits per heavy atom. The maximum atomic E-state index is 13.1. The van der Waals surface area contributed by atoms with Crippen LogP contribution in [0.15, 0.2) is 71.9 Å². The van der Waals surface area contributed by atoms with Crippen LogP contribution < -0.4 is 10.1 Å². The lowest BCUT2D eigenvalue weighted by atomic mass is 10.1. The van der Waals surface area contributed by atoms with Crippen molar-refractivity contribution in [2.45, 2.75) is 30.8 Å². The molecule has 1 amide bonds. The number of carbonyl (C=O) groups excluding carboxylic acids is 1. The fourth-order valence-corrected chi connectivity index (χ4v) is 5.22. The fraction of sp³-hybridized carbons (Fsp3) is 0.222. The highest BCUT2D eigenvalue weighted by Crippen LogP contribution is 2.33. The van der Waals surface area contributed by atoms with Gasteiger partial charge in [0, 0.05) is 41.1 Å². The average Bonchev–Trinajstić information content (AvgIpc) is 3.40. The van der Waals surface area contributed by atoms with Crippen LogP contribution in [0, 0.1) is 0 Å². The molecule has 0 radical (unpaired) electrons. The Morgan fingerprint density at radius 1 is 1.03 bits per heavy atom. The molecule has 178 valence electrons. The van der Waals surface area contributed by atoms with Crippen LogP contribution in [-0.2, 0) is 18.4 Å². The molecular weight excluding hydrogens is 458 g/mol. The first kappa shape index (κ1) is 23.0. The molecule has 8 heteroatoms. The minimum Gasteiger partial charge on any atom is -0.496 e. The number of hydrogen-bond donors (Lipinski definition) is 1. The monoisotopic (exact) mass is 485 g/mol. The quantitative estimate of drug-likeness (QED) is 0.298. The smallest absolute Gasteiger partial charge is 0.237 e. The topological polar surface area (TPSA) is 74.0 Å². The van der Waals surface area contributed by atoms with Gasteiger partial charge in [-0.1, -0.05) is 42.1 Å². The van der Waals surface area contributed by atoms with Crippen molar-refractivity contribution in [3.8, 4) is 17.1 Å². The summed E-state index contributed by atoms with van der Waals surface area (Å²) in [5, 5.41) is 14.4. The van der Waals surface area contributed by atoms with Crippen molar-refractivity contribution >= 4 is 45.2 Å². The molecule has 35 heavy (non-hydrogen) atoms. The Kier molecular flexibility index (Phi) is 6.21. The molecule has 0 saturated carbocycles. The Balaban J connectivity index is 1.36. The molecule has 2 heterocycles. The zero-order valence-corrected chi connectivity index (χ0v) is 21.0. The number of carbonyl (C=O) groups is 1. The first-order valence-electron chi connectivity index (χ1n) is 11.5. The van der Waals surface area contributed by atoms with Gasteiger partial charge in [-0.25, -0.2) is 0 Å². The standard InChI is InChI=1S/C27H27N5O2S/c1-5-32-22-12-8-6-10-19(22)21-16-18(14-15-23(21)32)28-26(33)17(2)35-27-30-29-25(31(27)3)20-11-7-9-13-24(20)34-4/h6-17H,5H2,1-4H3,(H,28,33). The fourth-order valence-electron chi connectivity index (χ4n) is 4.41. The summed E-state index contributed by atoms with van der Waals surface area (Å²) in [7, 11) is 3.53. The lowest BCUT2D eigenvalue weighted by molar-refractivity contribution is -0.115. The second-order valence-electron chi connectivity index (χ2n) is 8.31. The molecule has 3 aromatic carbocycles. The summed E-state index contributed by atoms with van der Waals surface area (Å²) in [6.07, 6.45) is 0. The van der Waals surface area contributed by atoms with Gasteiger partial charge in [-0.15, -0.1) is 10.2 Å². The van der Waals surface area contributed by atoms with Gasteiger partial charge >= 0.3 is 0 Å². The van der Waals surface area contributed by atoms with Crippen molar-refractivity contribution in [3.63, 3.8) is 0 Å². The summed E-state index contributed by atoms with van der Waals surface area (Å²) < 4.78 is 9.64. The third kappa shape index (κ3) is 4.14. The molecule has 1 atom stereocenters. The summed E-state index contributed by atoms with van der Waals surface area (Å²) in [6.45, 7) is 4.91. The normalized spacial score (nSPS) is 12.2. The number of methoxy groups -OCH3 is 1. The van der Waals surface area contributed by atoms with Crippen molar-refractivity contribution in [1.82, 2.24) is 19.3 Å². The Hall–Kier alpha value is -3.78. The molecule has 5 aromatic rings. The molecule has 0 aliphatic rings. The van der Waals surface area contributed by atoms with E-state index in [1.165, 1.54) is 22.7 Å². The third-order valence-electron chi connectivity index (χ3n) is 6.19. The van der Waals surface area contributed by atoms with Crippen molar-refractivity contribution in [3.05, 3.63) is 66.7 Å². The van der Waals surface area contributed by atoms with E-state index in [1.807, 2.05) is 54.9 Å². The van der Waals surface area contributed by atoms with Crippen molar-refractivity contribution in [2.75, 3.05) is 12.4 Å². The van der Waals surface area contributed by atoms with Gasteiger partial charge in [0.15, 0.2) is 11.0 Å². The second-order valence-corrected chi connectivity index (χ2v) is 9.62. The molecule has 0 aliphatic carbocycles. The highest BCUT2D eigenvalue weighted by Gasteiger charge is 2.21. The number of benzene rings is 3. The molecule has 5 rings (SSSR count). The van der Waals surface area contributed by atoms with E-state index in [4.69, 9.17) is 4.74 Å². The van der Waals surface area contributed by atoms with Crippen LogP contribution >= 0.6 is 11.8 Å². The van der Waals surface area contributed by atoms with E-state index >= 15 is 0 Å². The van der Waals surface area contributed by atoms with Gasteiger partial charge in [0.2, 0.25) is 5.91 Å². The van der Waals surface area contributed by atoms with Gasteiger partial charge in [-0.2, -0.15) is 0 Å². The molecule has 2 aromatic heterocycles. The first-order chi connectivity index (χ1) is 17.0. The van der Waals surface area contributed by atoms with Gasteiger partial charge in [-0.3, -0.25) is 4.79 Å². The van der Waals surface area contributed by atoms with E-state index in [2.05, 4.69) is 57.3 Å².